The van der Waals surface area contributed by atoms with Gasteiger partial charge in [-0.1, -0.05) is 0 Å². The molecular weight excluding hydrogens is 296 g/mol. The predicted octanol–water partition coefficient (Wildman–Crippen LogP) is 1.36. The van der Waals surface area contributed by atoms with Crippen LogP contribution in [0.2, 0.25) is 0 Å². The molecule has 0 saturated heterocycles. The van der Waals surface area contributed by atoms with E-state index in [1.54, 1.807) is 13.8 Å². The number of H-pyrrole nitrogens is 1. The molecule has 0 saturated carbocycles. The van der Waals surface area contributed by atoms with Crippen LogP contribution in [0, 0.1) is 17.0 Å². The fraction of sp³-hybridized carbons (Fsp3) is 0.273. The van der Waals surface area contributed by atoms with E-state index in [9.17, 15) is 14.9 Å². The molecule has 0 radical (unpaired) electrons. The molecule has 0 spiro atoms. The highest BCUT2D eigenvalue weighted by atomic mass is 32.2. The summed E-state index contributed by atoms with van der Waals surface area (Å²) in [7, 11) is 0. The number of anilines is 1. The average Bonchev–Trinajstić information content (AvgIpc) is 2.37. The van der Waals surface area contributed by atoms with Crippen molar-refractivity contribution in [3.63, 3.8) is 0 Å². The summed E-state index contributed by atoms with van der Waals surface area (Å²) in [4.78, 5) is 36.4. The lowest BCUT2D eigenvalue weighted by molar-refractivity contribution is -0.387. The van der Waals surface area contributed by atoms with Crippen LogP contribution in [0.1, 0.15) is 12.6 Å². The molecule has 0 aliphatic heterocycles. The quantitative estimate of drug-likeness (QED) is 0.367. The van der Waals surface area contributed by atoms with Crippen LogP contribution in [-0.2, 0) is 0 Å². The summed E-state index contributed by atoms with van der Waals surface area (Å²) in [6.45, 7) is 3.96. The van der Waals surface area contributed by atoms with Gasteiger partial charge >= 0.3 is 5.69 Å². The van der Waals surface area contributed by atoms with Crippen molar-refractivity contribution in [2.45, 2.75) is 24.0 Å². The lowest BCUT2D eigenvalue weighted by Crippen LogP contribution is -2.09. The van der Waals surface area contributed by atoms with Gasteiger partial charge in [0.05, 0.1) is 4.92 Å². The summed E-state index contributed by atoms with van der Waals surface area (Å²) in [6, 6.07) is 1.34. The third-order valence-corrected chi connectivity index (χ3v) is 3.24. The summed E-state index contributed by atoms with van der Waals surface area (Å²) in [5.74, 6) is 0.134. The van der Waals surface area contributed by atoms with Crippen molar-refractivity contribution in [3.8, 4) is 0 Å². The molecule has 10 heteroatoms. The number of rotatable bonds is 5. The minimum atomic E-state index is -0.561. The molecule has 21 heavy (non-hydrogen) atoms. The van der Waals surface area contributed by atoms with Crippen molar-refractivity contribution in [3.05, 3.63) is 38.6 Å². The first kappa shape index (κ1) is 14.9. The second-order valence-corrected chi connectivity index (χ2v) is 4.93. The van der Waals surface area contributed by atoms with E-state index in [2.05, 4.69) is 25.3 Å². The maximum Gasteiger partial charge on any atom is 0.343 e. The highest BCUT2D eigenvalue weighted by Gasteiger charge is 2.24. The average molecular weight is 308 g/mol. The summed E-state index contributed by atoms with van der Waals surface area (Å²) in [5.41, 5.74) is -0.0491. The molecule has 0 amide bonds. The Morgan fingerprint density at radius 1 is 1.48 bits per heavy atom. The van der Waals surface area contributed by atoms with Gasteiger partial charge in [-0.2, -0.15) is 0 Å². The smallest absolute Gasteiger partial charge is 0.343 e. The Labute approximate surface area is 123 Å². The Kier molecular flexibility index (Phi) is 4.48. The molecule has 0 aliphatic rings. The molecule has 110 valence electrons. The number of aromatic nitrogens is 4. The standard InChI is InChI=1S/C11H12N6O3S/c1-3-12-9-8(17(19)20)10(14-5-13-9)21-11-15-6(2)4-7(18)16-11/h4-5H,3H2,1-2H3,(H,12,13,14)(H,15,16,18). The molecule has 2 N–H and O–H groups in total. The number of nitro groups is 1. The Morgan fingerprint density at radius 2 is 2.24 bits per heavy atom. The monoisotopic (exact) mass is 308 g/mol. The van der Waals surface area contributed by atoms with Crippen molar-refractivity contribution < 1.29 is 4.92 Å². The first-order valence-corrected chi connectivity index (χ1v) is 6.82. The van der Waals surface area contributed by atoms with Gasteiger partial charge in [-0.25, -0.2) is 15.0 Å². The van der Waals surface area contributed by atoms with E-state index in [1.165, 1.54) is 12.4 Å². The topological polar surface area (TPSA) is 127 Å². The fourth-order valence-electron chi connectivity index (χ4n) is 1.59. The number of nitrogens with zero attached hydrogens (tertiary/aromatic N) is 4. The molecule has 0 fully saturated rings. The SMILES string of the molecule is CCNc1ncnc(Sc2nc(C)cc(=O)[nH]2)c1[N+](=O)[O-]. The van der Waals surface area contributed by atoms with Gasteiger partial charge in [0.2, 0.25) is 5.82 Å². The Morgan fingerprint density at radius 3 is 2.86 bits per heavy atom. The second-order valence-electron chi connectivity index (χ2n) is 3.96. The number of hydrogen-bond donors (Lipinski definition) is 2. The van der Waals surface area contributed by atoms with E-state index < -0.39 is 4.92 Å². The molecule has 0 aliphatic carbocycles. The normalized spacial score (nSPS) is 10.4. The van der Waals surface area contributed by atoms with Crippen molar-refractivity contribution in [1.82, 2.24) is 19.9 Å². The third kappa shape index (κ3) is 3.54. The molecule has 2 aromatic rings. The summed E-state index contributed by atoms with van der Waals surface area (Å²) in [6.07, 6.45) is 1.22. The number of hydrogen-bond acceptors (Lipinski definition) is 8. The zero-order valence-corrected chi connectivity index (χ0v) is 12.1. The summed E-state index contributed by atoms with van der Waals surface area (Å²) < 4.78 is 0. The van der Waals surface area contributed by atoms with Gasteiger partial charge in [-0.3, -0.25) is 14.9 Å². The minimum Gasteiger partial charge on any atom is -0.364 e. The number of nitrogens with one attached hydrogen (secondary N) is 2. The second kappa shape index (κ2) is 6.31. The van der Waals surface area contributed by atoms with Crippen LogP contribution in [0.3, 0.4) is 0 Å². The zero-order valence-electron chi connectivity index (χ0n) is 11.3. The summed E-state index contributed by atoms with van der Waals surface area (Å²) >= 11 is 0.911. The van der Waals surface area contributed by atoms with E-state index in [0.717, 1.165) is 11.8 Å². The van der Waals surface area contributed by atoms with Crippen LogP contribution >= 0.6 is 11.8 Å². The highest BCUT2D eigenvalue weighted by Crippen LogP contribution is 2.34. The molecular formula is C11H12N6O3S. The molecule has 9 nitrogen and oxygen atoms in total. The molecule has 0 atom stereocenters. The van der Waals surface area contributed by atoms with Crippen LogP contribution in [0.5, 0.6) is 0 Å². The van der Waals surface area contributed by atoms with Gasteiger partial charge < -0.3 is 10.3 Å². The Hall–Kier alpha value is -2.49. The maximum absolute atomic E-state index is 11.4. The van der Waals surface area contributed by atoms with Gasteiger partial charge in [-0.15, -0.1) is 0 Å². The van der Waals surface area contributed by atoms with Gasteiger partial charge in [0, 0.05) is 18.3 Å². The fourth-order valence-corrected chi connectivity index (χ4v) is 2.48. The maximum atomic E-state index is 11.4. The van der Waals surface area contributed by atoms with Crippen molar-refractivity contribution >= 4 is 23.3 Å². The van der Waals surface area contributed by atoms with Crippen LogP contribution in [-0.4, -0.2) is 31.4 Å². The lowest BCUT2D eigenvalue weighted by atomic mass is 10.4. The van der Waals surface area contributed by atoms with Gasteiger partial charge in [-0.05, 0) is 25.6 Å². The van der Waals surface area contributed by atoms with Gasteiger partial charge in [0.15, 0.2) is 10.2 Å². The van der Waals surface area contributed by atoms with E-state index in [4.69, 9.17) is 0 Å². The largest absolute Gasteiger partial charge is 0.364 e. The Balaban J connectivity index is 2.46. The molecule has 0 unspecified atom stereocenters. The van der Waals surface area contributed by atoms with Crippen molar-refractivity contribution in [2.24, 2.45) is 0 Å². The first-order chi connectivity index (χ1) is 10.0. The molecule has 0 aromatic carbocycles. The number of aromatic amines is 1. The minimum absolute atomic E-state index is 0.111. The Bertz CT molecular complexity index is 732. The number of aryl methyl sites for hydroxylation is 1. The van der Waals surface area contributed by atoms with E-state index in [-0.39, 0.29) is 27.2 Å². The van der Waals surface area contributed by atoms with Crippen LogP contribution in [0.15, 0.2) is 27.4 Å². The van der Waals surface area contributed by atoms with Crippen molar-refractivity contribution in [1.29, 1.82) is 0 Å². The highest BCUT2D eigenvalue weighted by molar-refractivity contribution is 7.99. The molecule has 0 bridgehead atoms. The van der Waals surface area contributed by atoms with E-state index in [0.29, 0.717) is 12.2 Å². The summed E-state index contributed by atoms with van der Waals surface area (Å²) in [5, 5.41) is 14.4. The molecule has 2 heterocycles. The third-order valence-electron chi connectivity index (χ3n) is 2.36. The van der Waals surface area contributed by atoms with Crippen molar-refractivity contribution in [2.75, 3.05) is 11.9 Å². The zero-order chi connectivity index (χ0) is 15.4. The van der Waals surface area contributed by atoms with Gasteiger partial charge in [0.1, 0.15) is 6.33 Å². The predicted molar refractivity (Wildman–Crippen MR) is 76.6 cm³/mol. The van der Waals surface area contributed by atoms with Gasteiger partial charge in [0.25, 0.3) is 5.56 Å². The molecule has 2 rings (SSSR count). The molecule has 2 aromatic heterocycles. The van der Waals surface area contributed by atoms with E-state index >= 15 is 0 Å². The van der Waals surface area contributed by atoms with Crippen LogP contribution in [0.25, 0.3) is 0 Å². The van der Waals surface area contributed by atoms with Crippen LogP contribution in [0.4, 0.5) is 11.5 Å². The lowest BCUT2D eigenvalue weighted by Gasteiger charge is -2.06. The van der Waals surface area contributed by atoms with E-state index in [1.807, 2.05) is 0 Å². The van der Waals surface area contributed by atoms with Crippen LogP contribution < -0.4 is 10.9 Å². The first-order valence-electron chi connectivity index (χ1n) is 6.00.